The van der Waals surface area contributed by atoms with Gasteiger partial charge in [0.15, 0.2) is 5.82 Å². The van der Waals surface area contributed by atoms with Crippen molar-refractivity contribution in [1.82, 2.24) is 15.0 Å². The van der Waals surface area contributed by atoms with Crippen molar-refractivity contribution >= 4 is 22.8 Å². The molecule has 2 heterocycles. The molecule has 0 aliphatic carbocycles. The van der Waals surface area contributed by atoms with Crippen LogP contribution in [-0.2, 0) is 6.54 Å². The first-order valence-corrected chi connectivity index (χ1v) is 4.92. The SMILES string of the molecule is Nc1cncnc1NCc1nccs1. The Morgan fingerprint density at radius 3 is 3.07 bits per heavy atom. The Bertz CT molecular complexity index is 400. The number of anilines is 2. The van der Waals surface area contributed by atoms with E-state index in [-0.39, 0.29) is 0 Å². The van der Waals surface area contributed by atoms with Crippen molar-refractivity contribution in [1.29, 1.82) is 0 Å². The lowest BCUT2D eigenvalue weighted by atomic mass is 10.5. The maximum atomic E-state index is 5.66. The molecule has 0 saturated carbocycles. The average molecular weight is 207 g/mol. The van der Waals surface area contributed by atoms with Crippen LogP contribution in [0.3, 0.4) is 0 Å². The third-order valence-corrected chi connectivity index (χ3v) is 2.41. The number of rotatable bonds is 3. The van der Waals surface area contributed by atoms with Crippen LogP contribution in [0.2, 0.25) is 0 Å². The van der Waals surface area contributed by atoms with Crippen molar-refractivity contribution in [2.45, 2.75) is 6.54 Å². The molecule has 0 spiro atoms. The third-order valence-electron chi connectivity index (χ3n) is 1.63. The van der Waals surface area contributed by atoms with Crippen LogP contribution in [0.4, 0.5) is 11.5 Å². The van der Waals surface area contributed by atoms with Gasteiger partial charge in [0.1, 0.15) is 11.3 Å². The van der Waals surface area contributed by atoms with Crippen LogP contribution < -0.4 is 11.1 Å². The van der Waals surface area contributed by atoms with Gasteiger partial charge in [-0.15, -0.1) is 11.3 Å². The summed E-state index contributed by atoms with van der Waals surface area (Å²) >= 11 is 1.59. The van der Waals surface area contributed by atoms with Crippen LogP contribution in [0.15, 0.2) is 24.1 Å². The highest BCUT2D eigenvalue weighted by Crippen LogP contribution is 2.13. The number of nitrogen functional groups attached to an aromatic ring is 1. The third kappa shape index (κ3) is 1.97. The summed E-state index contributed by atoms with van der Waals surface area (Å²) in [6, 6.07) is 0. The topological polar surface area (TPSA) is 76.7 Å². The molecule has 0 amide bonds. The molecule has 2 rings (SSSR count). The molecule has 14 heavy (non-hydrogen) atoms. The van der Waals surface area contributed by atoms with Crippen molar-refractivity contribution in [2.24, 2.45) is 0 Å². The number of hydrogen-bond acceptors (Lipinski definition) is 6. The lowest BCUT2D eigenvalue weighted by Crippen LogP contribution is -2.04. The number of nitrogens with two attached hydrogens (primary N) is 1. The minimum absolute atomic E-state index is 0.545. The van der Waals surface area contributed by atoms with Crippen LogP contribution in [0.1, 0.15) is 5.01 Å². The number of nitrogens with one attached hydrogen (secondary N) is 1. The molecule has 0 saturated heterocycles. The summed E-state index contributed by atoms with van der Waals surface area (Å²) in [5, 5.41) is 6.02. The van der Waals surface area contributed by atoms with Gasteiger partial charge in [0.2, 0.25) is 0 Å². The molecule has 0 aliphatic heterocycles. The summed E-state index contributed by atoms with van der Waals surface area (Å²) in [6.07, 6.45) is 4.79. The summed E-state index contributed by atoms with van der Waals surface area (Å²) in [4.78, 5) is 11.9. The van der Waals surface area contributed by atoms with Crippen molar-refractivity contribution in [3.8, 4) is 0 Å². The van der Waals surface area contributed by atoms with Crippen LogP contribution in [0.25, 0.3) is 0 Å². The fraction of sp³-hybridized carbons (Fsp3) is 0.125. The molecule has 0 fully saturated rings. The number of nitrogens with zero attached hydrogens (tertiary/aromatic N) is 3. The Labute approximate surface area is 85.0 Å². The summed E-state index contributed by atoms with van der Waals surface area (Å²) in [5.41, 5.74) is 6.20. The quantitative estimate of drug-likeness (QED) is 0.788. The van der Waals surface area contributed by atoms with Crippen molar-refractivity contribution < 1.29 is 0 Å². The maximum absolute atomic E-state index is 5.66. The van der Waals surface area contributed by atoms with E-state index in [1.54, 1.807) is 23.7 Å². The molecule has 0 atom stereocenters. The second-order valence-corrected chi connectivity index (χ2v) is 3.59. The van der Waals surface area contributed by atoms with Gasteiger partial charge in [0.25, 0.3) is 0 Å². The monoisotopic (exact) mass is 207 g/mol. The normalized spacial score (nSPS) is 10.0. The Morgan fingerprint density at radius 1 is 1.43 bits per heavy atom. The second-order valence-electron chi connectivity index (χ2n) is 2.61. The number of aromatic nitrogens is 3. The lowest BCUT2D eigenvalue weighted by Gasteiger charge is -2.04. The van der Waals surface area contributed by atoms with Crippen molar-refractivity contribution in [2.75, 3.05) is 11.1 Å². The van der Waals surface area contributed by atoms with E-state index in [0.29, 0.717) is 18.1 Å². The molecular weight excluding hydrogens is 198 g/mol. The molecule has 72 valence electrons. The largest absolute Gasteiger partial charge is 0.394 e. The lowest BCUT2D eigenvalue weighted by molar-refractivity contribution is 1.06. The van der Waals surface area contributed by atoms with E-state index < -0.39 is 0 Å². The van der Waals surface area contributed by atoms with Crippen LogP contribution in [-0.4, -0.2) is 15.0 Å². The Balaban J connectivity index is 2.02. The summed E-state index contributed by atoms with van der Waals surface area (Å²) in [7, 11) is 0. The molecule has 6 heteroatoms. The molecule has 2 aromatic rings. The highest BCUT2D eigenvalue weighted by molar-refractivity contribution is 7.09. The molecule has 5 nitrogen and oxygen atoms in total. The summed E-state index contributed by atoms with van der Waals surface area (Å²) in [6.45, 7) is 0.638. The van der Waals surface area contributed by atoms with Gasteiger partial charge in [-0.05, 0) is 0 Å². The van der Waals surface area contributed by atoms with E-state index in [4.69, 9.17) is 5.73 Å². The summed E-state index contributed by atoms with van der Waals surface area (Å²) in [5.74, 6) is 0.648. The standard InChI is InChI=1S/C8H9N5S/c9-6-3-10-5-13-8(6)12-4-7-11-1-2-14-7/h1-3,5H,4,9H2,(H,10,12,13). The van der Waals surface area contributed by atoms with E-state index >= 15 is 0 Å². The predicted octanol–water partition coefficient (Wildman–Crippen LogP) is 1.13. The molecule has 0 aromatic carbocycles. The van der Waals surface area contributed by atoms with Gasteiger partial charge in [-0.2, -0.15) is 0 Å². The van der Waals surface area contributed by atoms with E-state index in [9.17, 15) is 0 Å². The van der Waals surface area contributed by atoms with Crippen LogP contribution in [0.5, 0.6) is 0 Å². The van der Waals surface area contributed by atoms with E-state index in [0.717, 1.165) is 5.01 Å². The Hall–Kier alpha value is -1.69. The second kappa shape index (κ2) is 4.01. The number of hydrogen-bond donors (Lipinski definition) is 2. The van der Waals surface area contributed by atoms with E-state index in [1.807, 2.05) is 5.38 Å². The zero-order valence-corrected chi connectivity index (χ0v) is 8.16. The highest BCUT2D eigenvalue weighted by atomic mass is 32.1. The van der Waals surface area contributed by atoms with Gasteiger partial charge >= 0.3 is 0 Å². The van der Waals surface area contributed by atoms with Gasteiger partial charge in [-0.1, -0.05) is 0 Å². The predicted molar refractivity (Wildman–Crippen MR) is 55.9 cm³/mol. The molecule has 0 radical (unpaired) electrons. The fourth-order valence-corrected chi connectivity index (χ4v) is 1.54. The Morgan fingerprint density at radius 2 is 2.36 bits per heavy atom. The molecule has 2 aromatic heterocycles. The first-order valence-electron chi connectivity index (χ1n) is 4.04. The van der Waals surface area contributed by atoms with Crippen molar-refractivity contribution in [3.05, 3.63) is 29.1 Å². The van der Waals surface area contributed by atoms with E-state index in [2.05, 4.69) is 20.3 Å². The smallest absolute Gasteiger partial charge is 0.152 e. The van der Waals surface area contributed by atoms with Crippen molar-refractivity contribution in [3.63, 3.8) is 0 Å². The zero-order chi connectivity index (χ0) is 9.80. The molecule has 0 unspecified atom stereocenters. The van der Waals surface area contributed by atoms with Gasteiger partial charge in [0, 0.05) is 11.6 Å². The zero-order valence-electron chi connectivity index (χ0n) is 7.34. The fourth-order valence-electron chi connectivity index (χ4n) is 0.988. The number of thiazole rings is 1. The minimum Gasteiger partial charge on any atom is -0.394 e. The highest BCUT2D eigenvalue weighted by Gasteiger charge is 2.00. The first kappa shape index (κ1) is 8.89. The molecular formula is C8H9N5S. The molecule has 3 N–H and O–H groups in total. The van der Waals surface area contributed by atoms with Gasteiger partial charge in [-0.25, -0.2) is 15.0 Å². The Kier molecular flexibility index (Phi) is 2.55. The minimum atomic E-state index is 0.545. The van der Waals surface area contributed by atoms with Crippen LogP contribution in [0, 0.1) is 0 Å². The average Bonchev–Trinajstić information content (AvgIpc) is 2.69. The first-order chi connectivity index (χ1) is 6.86. The molecule has 0 bridgehead atoms. The molecule has 0 aliphatic rings. The van der Waals surface area contributed by atoms with Gasteiger partial charge in [0.05, 0.1) is 18.4 Å². The maximum Gasteiger partial charge on any atom is 0.152 e. The van der Waals surface area contributed by atoms with Crippen LogP contribution >= 0.6 is 11.3 Å². The van der Waals surface area contributed by atoms with E-state index in [1.165, 1.54) is 6.33 Å². The summed E-state index contributed by atoms with van der Waals surface area (Å²) < 4.78 is 0. The van der Waals surface area contributed by atoms with Gasteiger partial charge in [-0.3, -0.25) is 0 Å². The van der Waals surface area contributed by atoms with Gasteiger partial charge < -0.3 is 11.1 Å².